The maximum absolute atomic E-state index is 11.6. The van der Waals surface area contributed by atoms with Gasteiger partial charge in [0.2, 0.25) is 0 Å². The van der Waals surface area contributed by atoms with E-state index >= 15 is 0 Å². The summed E-state index contributed by atoms with van der Waals surface area (Å²) in [7, 11) is -0.394. The first kappa shape index (κ1) is 31.2. The molecule has 3 nitrogen and oxygen atoms in total. The van der Waals surface area contributed by atoms with Gasteiger partial charge in [0.25, 0.3) is 0 Å². The Morgan fingerprint density at radius 3 is 1.81 bits per heavy atom. The zero-order valence-electron chi connectivity index (χ0n) is 22.4. The quantitative estimate of drug-likeness (QED) is 0.132. The Kier molecular flexibility index (Phi) is 16.0. The number of unbranched alkanes of at least 4 members (excludes halogenated alkanes) is 3. The van der Waals surface area contributed by atoms with Crippen molar-refractivity contribution in [2.24, 2.45) is 0 Å². The minimum absolute atomic E-state index is 0.114. The van der Waals surface area contributed by atoms with Gasteiger partial charge in [0.1, 0.15) is 0 Å². The Bertz CT molecular complexity index is 489. The molecule has 0 aromatic rings. The van der Waals surface area contributed by atoms with E-state index in [2.05, 4.69) is 64.8 Å². The molecule has 0 bridgehead atoms. The van der Waals surface area contributed by atoms with Crippen LogP contribution in [-0.4, -0.2) is 45.9 Å². The molecule has 0 aliphatic heterocycles. The van der Waals surface area contributed by atoms with Crippen LogP contribution >= 0.6 is 0 Å². The fourth-order valence-electron chi connectivity index (χ4n) is 3.82. The molecule has 0 spiro atoms. The van der Waals surface area contributed by atoms with Crippen molar-refractivity contribution in [3.63, 3.8) is 0 Å². The van der Waals surface area contributed by atoms with Crippen molar-refractivity contribution in [3.05, 3.63) is 10.2 Å². The summed E-state index contributed by atoms with van der Waals surface area (Å²) in [5.74, 6) is -0.114. The summed E-state index contributed by atoms with van der Waals surface area (Å²) in [5, 5.41) is 0.189. The predicted octanol–water partition coefficient (Wildman–Crippen LogP) is 8.66. The van der Waals surface area contributed by atoms with Crippen molar-refractivity contribution >= 4 is 32.7 Å². The summed E-state index contributed by atoms with van der Waals surface area (Å²) in [4.78, 5) is 11.6. The van der Waals surface area contributed by atoms with E-state index in [9.17, 15) is 4.79 Å². The zero-order valence-corrected chi connectivity index (χ0v) is 26.3. The van der Waals surface area contributed by atoms with Gasteiger partial charge in [-0.3, -0.25) is 0 Å². The van der Waals surface area contributed by atoms with Crippen molar-refractivity contribution in [1.82, 2.24) is 0 Å². The van der Waals surface area contributed by atoms with Crippen LogP contribution in [0, 0.1) is 0 Å². The van der Waals surface area contributed by atoms with Crippen molar-refractivity contribution < 1.29 is 14.0 Å². The van der Waals surface area contributed by atoms with Crippen LogP contribution in [0.5, 0.6) is 0 Å². The molecule has 31 heavy (non-hydrogen) atoms. The summed E-state index contributed by atoms with van der Waals surface area (Å²) < 4.78 is 18.9. The monoisotopic (exact) mass is 562 g/mol. The molecule has 0 unspecified atom stereocenters. The first-order valence-corrected chi connectivity index (χ1v) is 23.5. The Morgan fingerprint density at radius 2 is 1.42 bits per heavy atom. The number of methoxy groups -OCH3 is 1. The molecule has 5 heteroatoms. The molecule has 0 rings (SSSR count). The molecular formula is C26H54O3SiSn. The topological polar surface area (TPSA) is 35.5 Å². The second kappa shape index (κ2) is 15.9. The van der Waals surface area contributed by atoms with E-state index in [-0.39, 0.29) is 17.1 Å². The van der Waals surface area contributed by atoms with E-state index in [4.69, 9.17) is 9.16 Å². The van der Waals surface area contributed by atoms with Crippen molar-refractivity contribution in [2.45, 2.75) is 137 Å². The summed E-state index contributed by atoms with van der Waals surface area (Å²) in [6.07, 6.45) is 12.9. The van der Waals surface area contributed by atoms with Crippen LogP contribution in [-0.2, 0) is 14.0 Å². The van der Waals surface area contributed by atoms with E-state index in [0.717, 1.165) is 12.8 Å². The van der Waals surface area contributed by atoms with Gasteiger partial charge in [-0.15, -0.1) is 0 Å². The van der Waals surface area contributed by atoms with E-state index < -0.39 is 26.7 Å². The van der Waals surface area contributed by atoms with Gasteiger partial charge in [0.05, 0.1) is 0 Å². The maximum atomic E-state index is 11.6. The van der Waals surface area contributed by atoms with Crippen LogP contribution < -0.4 is 0 Å². The number of rotatable bonds is 17. The van der Waals surface area contributed by atoms with E-state index in [1.54, 1.807) is 0 Å². The normalized spacial score (nSPS) is 14.2. The van der Waals surface area contributed by atoms with Gasteiger partial charge in [0, 0.05) is 0 Å². The van der Waals surface area contributed by atoms with Gasteiger partial charge < -0.3 is 0 Å². The number of esters is 1. The molecular weight excluding hydrogens is 507 g/mol. The molecule has 0 N–H and O–H groups in total. The van der Waals surface area contributed by atoms with Crippen LogP contribution in [0.15, 0.2) is 10.2 Å². The van der Waals surface area contributed by atoms with E-state index in [0.29, 0.717) is 6.42 Å². The summed E-state index contributed by atoms with van der Waals surface area (Å²) in [6, 6.07) is 0. The SMILES string of the molecule is CCC[CH2][Sn](/[CH]=C/[C@H](CCCC(=O)OC)O[Si](C)(C)C(C)(C)C)([CH2]CCC)[CH2]CCC. The Labute approximate surface area is 200 Å². The summed E-state index contributed by atoms with van der Waals surface area (Å²) >= 11 is -2.34. The van der Waals surface area contributed by atoms with Crippen LogP contribution in [0.3, 0.4) is 0 Å². The minimum atomic E-state index is -2.34. The number of carbonyl (C=O) groups excluding carboxylic acids is 1. The molecule has 0 amide bonds. The van der Waals surface area contributed by atoms with Gasteiger partial charge in [-0.05, 0) is 0 Å². The van der Waals surface area contributed by atoms with Gasteiger partial charge in [-0.25, -0.2) is 0 Å². The van der Waals surface area contributed by atoms with E-state index in [1.807, 2.05) is 0 Å². The second-order valence-corrected chi connectivity index (χ2v) is 28.7. The first-order chi connectivity index (χ1) is 14.5. The third-order valence-corrected chi connectivity index (χ3v) is 25.7. The zero-order chi connectivity index (χ0) is 24.0. The third kappa shape index (κ3) is 12.9. The summed E-state index contributed by atoms with van der Waals surface area (Å²) in [6.45, 7) is 18.6. The molecule has 0 saturated carbocycles. The molecule has 0 saturated heterocycles. The third-order valence-electron chi connectivity index (χ3n) is 7.10. The molecule has 0 aliphatic carbocycles. The van der Waals surface area contributed by atoms with Gasteiger partial charge >= 0.3 is 201 Å². The number of hydrogen-bond acceptors (Lipinski definition) is 3. The van der Waals surface area contributed by atoms with Crippen LogP contribution in [0.4, 0.5) is 0 Å². The fraction of sp³-hybridized carbons (Fsp3) is 0.885. The second-order valence-electron chi connectivity index (χ2n) is 10.9. The number of ether oxygens (including phenoxy) is 1. The van der Waals surface area contributed by atoms with Crippen LogP contribution in [0.25, 0.3) is 0 Å². The Balaban J connectivity index is 5.69. The molecule has 184 valence electrons. The predicted molar refractivity (Wildman–Crippen MR) is 142 cm³/mol. The van der Waals surface area contributed by atoms with Crippen LogP contribution in [0.2, 0.25) is 31.4 Å². The molecule has 0 heterocycles. The van der Waals surface area contributed by atoms with Crippen molar-refractivity contribution in [2.75, 3.05) is 7.11 Å². The fourth-order valence-corrected chi connectivity index (χ4v) is 19.5. The molecule has 1 atom stereocenters. The standard InChI is InChI=1S/C14H27O3Si.3C4H9.Sn/c1-8-12(10-9-11-13(15)16-5)17-18(6,7)14(2,3)4;3*1-3-4-2;/h1,8,12H,9-11H2,2-7H3;3*1,3-4H2,2H3;/t12-;;;;/m1..../s1. The molecule has 0 aromatic heterocycles. The first-order valence-electron chi connectivity index (χ1n) is 12.9. The molecule has 0 aromatic carbocycles. The van der Waals surface area contributed by atoms with Gasteiger partial charge in [-0.1, -0.05) is 0 Å². The Hall–Kier alpha value is 0.186. The van der Waals surface area contributed by atoms with E-state index in [1.165, 1.54) is 58.9 Å². The van der Waals surface area contributed by atoms with Crippen molar-refractivity contribution in [1.29, 1.82) is 0 Å². The average Bonchev–Trinajstić information content (AvgIpc) is 2.71. The summed E-state index contributed by atoms with van der Waals surface area (Å²) in [5.41, 5.74) is 0. The molecule has 0 fully saturated rings. The number of carbonyl (C=O) groups is 1. The van der Waals surface area contributed by atoms with Gasteiger partial charge in [-0.2, -0.15) is 0 Å². The van der Waals surface area contributed by atoms with Gasteiger partial charge in [0.15, 0.2) is 0 Å². The molecule has 0 aliphatic rings. The number of hydrogen-bond donors (Lipinski definition) is 0. The average molecular weight is 562 g/mol. The van der Waals surface area contributed by atoms with Crippen molar-refractivity contribution in [3.8, 4) is 0 Å². The van der Waals surface area contributed by atoms with Crippen LogP contribution in [0.1, 0.15) is 99.3 Å². The Morgan fingerprint density at radius 1 is 0.935 bits per heavy atom. The molecule has 0 radical (unpaired) electrons.